The van der Waals surface area contributed by atoms with Gasteiger partial charge in [-0.3, -0.25) is 4.79 Å². The van der Waals surface area contributed by atoms with E-state index in [0.717, 1.165) is 0 Å². The SMILES string of the molecule is COC(=O)C1CCN(C(=S)Nc2ccc(OC(F)(F)F)cc2)CC1. The van der Waals surface area contributed by atoms with Crippen LogP contribution in [0.3, 0.4) is 0 Å². The van der Waals surface area contributed by atoms with Crippen molar-refractivity contribution >= 4 is 29.0 Å². The number of hydrogen-bond acceptors (Lipinski definition) is 4. The molecule has 1 aromatic rings. The summed E-state index contributed by atoms with van der Waals surface area (Å²) in [6, 6.07) is 5.33. The van der Waals surface area contributed by atoms with Gasteiger partial charge in [0.15, 0.2) is 5.11 Å². The molecule has 0 radical (unpaired) electrons. The van der Waals surface area contributed by atoms with E-state index in [1.165, 1.54) is 31.4 Å². The van der Waals surface area contributed by atoms with Gasteiger partial charge in [-0.2, -0.15) is 0 Å². The molecule has 0 spiro atoms. The van der Waals surface area contributed by atoms with Crippen LogP contribution in [0.25, 0.3) is 0 Å². The Morgan fingerprint density at radius 1 is 1.25 bits per heavy atom. The first-order chi connectivity index (χ1) is 11.3. The van der Waals surface area contributed by atoms with E-state index < -0.39 is 6.36 Å². The largest absolute Gasteiger partial charge is 0.573 e. The van der Waals surface area contributed by atoms with Crippen molar-refractivity contribution < 1.29 is 27.4 Å². The van der Waals surface area contributed by atoms with E-state index in [2.05, 4.69) is 10.1 Å². The quantitative estimate of drug-likeness (QED) is 0.658. The predicted octanol–water partition coefficient (Wildman–Crippen LogP) is 3.17. The van der Waals surface area contributed by atoms with E-state index in [0.29, 0.717) is 36.7 Å². The molecule has 0 atom stereocenters. The molecule has 1 saturated heterocycles. The van der Waals surface area contributed by atoms with Crippen LogP contribution in [0.1, 0.15) is 12.8 Å². The van der Waals surface area contributed by atoms with Crippen molar-refractivity contribution in [3.8, 4) is 5.75 Å². The lowest BCUT2D eigenvalue weighted by Crippen LogP contribution is -2.42. The summed E-state index contributed by atoms with van der Waals surface area (Å²) >= 11 is 5.30. The Kier molecular flexibility index (Phi) is 5.87. The normalized spacial score (nSPS) is 15.8. The van der Waals surface area contributed by atoms with Crippen molar-refractivity contribution in [1.29, 1.82) is 0 Å². The summed E-state index contributed by atoms with van der Waals surface area (Å²) in [5.41, 5.74) is 0.560. The van der Waals surface area contributed by atoms with Crippen molar-refractivity contribution in [3.05, 3.63) is 24.3 Å². The maximum Gasteiger partial charge on any atom is 0.573 e. The zero-order valence-corrected chi connectivity index (χ0v) is 13.7. The number of rotatable bonds is 3. The highest BCUT2D eigenvalue weighted by molar-refractivity contribution is 7.80. The number of likely N-dealkylation sites (tertiary alicyclic amines) is 1. The smallest absolute Gasteiger partial charge is 0.469 e. The first kappa shape index (κ1) is 18.3. The number of alkyl halides is 3. The molecule has 1 aromatic carbocycles. The van der Waals surface area contributed by atoms with E-state index in [1.807, 2.05) is 4.90 Å². The highest BCUT2D eigenvalue weighted by Crippen LogP contribution is 2.24. The molecule has 132 valence electrons. The number of benzene rings is 1. The van der Waals surface area contributed by atoms with E-state index in [-0.39, 0.29) is 17.6 Å². The first-order valence-electron chi connectivity index (χ1n) is 7.28. The molecule has 0 amide bonds. The zero-order valence-electron chi connectivity index (χ0n) is 12.9. The van der Waals surface area contributed by atoms with E-state index in [4.69, 9.17) is 17.0 Å². The number of carbonyl (C=O) groups is 1. The number of esters is 1. The van der Waals surface area contributed by atoms with Gasteiger partial charge in [-0.05, 0) is 49.3 Å². The number of nitrogens with one attached hydrogen (secondary N) is 1. The van der Waals surface area contributed by atoms with Crippen molar-refractivity contribution in [1.82, 2.24) is 4.90 Å². The van der Waals surface area contributed by atoms with E-state index in [9.17, 15) is 18.0 Å². The van der Waals surface area contributed by atoms with Gasteiger partial charge in [-0.25, -0.2) is 0 Å². The highest BCUT2D eigenvalue weighted by atomic mass is 32.1. The molecule has 1 heterocycles. The Balaban J connectivity index is 1.86. The Morgan fingerprint density at radius 2 is 1.83 bits per heavy atom. The number of piperidine rings is 1. The summed E-state index contributed by atoms with van der Waals surface area (Å²) in [5.74, 6) is -0.625. The van der Waals surface area contributed by atoms with Gasteiger partial charge in [0.2, 0.25) is 0 Å². The average molecular weight is 362 g/mol. The van der Waals surface area contributed by atoms with Crippen molar-refractivity contribution in [2.24, 2.45) is 5.92 Å². The molecule has 1 aliphatic rings. The maximum absolute atomic E-state index is 12.1. The molecular formula is C15H17F3N2O3S. The second-order valence-corrected chi connectivity index (χ2v) is 5.67. The first-order valence-corrected chi connectivity index (χ1v) is 7.69. The summed E-state index contributed by atoms with van der Waals surface area (Å²) < 4.78 is 44.9. The van der Waals surface area contributed by atoms with Gasteiger partial charge in [0.05, 0.1) is 13.0 Å². The van der Waals surface area contributed by atoms with Crippen LogP contribution in [0.4, 0.5) is 18.9 Å². The third-order valence-corrected chi connectivity index (χ3v) is 4.02. The van der Waals surface area contributed by atoms with Crippen LogP contribution in [0, 0.1) is 5.92 Å². The number of anilines is 1. The minimum atomic E-state index is -4.71. The van der Waals surface area contributed by atoms with Gasteiger partial charge >= 0.3 is 12.3 Å². The molecule has 9 heteroatoms. The third kappa shape index (κ3) is 5.26. The number of ether oxygens (including phenoxy) is 2. The van der Waals surface area contributed by atoms with E-state index in [1.54, 1.807) is 0 Å². The fourth-order valence-corrected chi connectivity index (χ4v) is 2.73. The summed E-state index contributed by atoms with van der Waals surface area (Å²) in [4.78, 5) is 13.4. The number of methoxy groups -OCH3 is 1. The molecule has 1 aliphatic heterocycles. The molecule has 0 bridgehead atoms. The van der Waals surface area contributed by atoms with Gasteiger partial charge in [-0.15, -0.1) is 13.2 Å². The van der Waals surface area contributed by atoms with Crippen molar-refractivity contribution in [3.63, 3.8) is 0 Å². The highest BCUT2D eigenvalue weighted by Gasteiger charge is 2.31. The van der Waals surface area contributed by atoms with Crippen LogP contribution in [-0.2, 0) is 9.53 Å². The fourth-order valence-electron chi connectivity index (χ4n) is 2.43. The second-order valence-electron chi connectivity index (χ2n) is 5.29. The van der Waals surface area contributed by atoms with E-state index >= 15 is 0 Å². The standard InChI is InChI=1S/C15H17F3N2O3S/c1-22-13(21)10-6-8-20(9-7-10)14(24)19-11-2-4-12(5-3-11)23-15(16,17)18/h2-5,10H,6-9H2,1H3,(H,19,24). The van der Waals surface area contributed by atoms with Crippen LogP contribution < -0.4 is 10.1 Å². The number of nitrogens with zero attached hydrogens (tertiary/aromatic N) is 1. The molecule has 0 unspecified atom stereocenters. The van der Waals surface area contributed by atoms with Gasteiger partial charge in [0.25, 0.3) is 0 Å². The van der Waals surface area contributed by atoms with Crippen LogP contribution in [-0.4, -0.2) is 42.5 Å². The van der Waals surface area contributed by atoms with Crippen LogP contribution in [0.2, 0.25) is 0 Å². The maximum atomic E-state index is 12.1. The minimum absolute atomic E-state index is 0.118. The number of hydrogen-bond donors (Lipinski definition) is 1. The van der Waals surface area contributed by atoms with Crippen molar-refractivity contribution in [2.45, 2.75) is 19.2 Å². The number of carbonyl (C=O) groups excluding carboxylic acids is 1. The second kappa shape index (κ2) is 7.69. The summed E-state index contributed by atoms with van der Waals surface area (Å²) in [6.07, 6.45) is -3.42. The van der Waals surface area contributed by atoms with Gasteiger partial charge in [0, 0.05) is 18.8 Å². The van der Waals surface area contributed by atoms with Crippen LogP contribution in [0.5, 0.6) is 5.75 Å². The Hall–Kier alpha value is -2.03. The van der Waals surface area contributed by atoms with Gasteiger partial charge < -0.3 is 19.7 Å². The van der Waals surface area contributed by atoms with Gasteiger partial charge in [-0.1, -0.05) is 0 Å². The van der Waals surface area contributed by atoms with Crippen molar-refractivity contribution in [2.75, 3.05) is 25.5 Å². The van der Waals surface area contributed by atoms with Gasteiger partial charge in [0.1, 0.15) is 5.75 Å². The third-order valence-electron chi connectivity index (χ3n) is 3.66. The summed E-state index contributed by atoms with van der Waals surface area (Å²) in [6.45, 7) is 1.22. The topological polar surface area (TPSA) is 50.8 Å². The predicted molar refractivity (Wildman–Crippen MR) is 85.7 cm³/mol. The molecule has 1 N–H and O–H groups in total. The lowest BCUT2D eigenvalue weighted by molar-refractivity contribution is -0.274. The fraction of sp³-hybridized carbons (Fsp3) is 0.467. The number of thiocarbonyl (C=S) groups is 1. The lowest BCUT2D eigenvalue weighted by atomic mass is 9.97. The number of halogens is 3. The monoisotopic (exact) mass is 362 g/mol. The zero-order chi connectivity index (χ0) is 17.7. The molecular weight excluding hydrogens is 345 g/mol. The molecule has 2 rings (SSSR count). The molecule has 0 saturated carbocycles. The summed E-state index contributed by atoms with van der Waals surface area (Å²) in [7, 11) is 1.37. The molecule has 5 nitrogen and oxygen atoms in total. The van der Waals surface area contributed by atoms with Crippen LogP contribution >= 0.6 is 12.2 Å². The summed E-state index contributed by atoms with van der Waals surface area (Å²) in [5, 5.41) is 3.43. The minimum Gasteiger partial charge on any atom is -0.469 e. The van der Waals surface area contributed by atoms with Crippen LogP contribution in [0.15, 0.2) is 24.3 Å². The Labute approximate surface area is 142 Å². The molecule has 0 aliphatic carbocycles. The lowest BCUT2D eigenvalue weighted by Gasteiger charge is -2.32. The Bertz CT molecular complexity index is 585. The molecule has 24 heavy (non-hydrogen) atoms. The molecule has 0 aromatic heterocycles. The average Bonchev–Trinajstić information content (AvgIpc) is 2.54. The molecule has 1 fully saturated rings. The Morgan fingerprint density at radius 3 is 2.33 bits per heavy atom.